The van der Waals surface area contributed by atoms with Crippen LogP contribution < -0.4 is 0 Å². The Labute approximate surface area is 120 Å². The lowest BCUT2D eigenvalue weighted by Gasteiger charge is -2.17. The first-order valence-electron chi connectivity index (χ1n) is 7.73. The third kappa shape index (κ3) is 12.7. The molecule has 0 saturated carbocycles. The van der Waals surface area contributed by atoms with Crippen molar-refractivity contribution in [3.8, 4) is 0 Å². The van der Waals surface area contributed by atoms with E-state index < -0.39 is 18.9 Å². The molecule has 0 heterocycles. The van der Waals surface area contributed by atoms with Crippen LogP contribution in [0.4, 0.5) is 13.2 Å². The van der Waals surface area contributed by atoms with Crippen LogP contribution in [0, 0.1) is 5.92 Å². The van der Waals surface area contributed by atoms with Crippen molar-refractivity contribution in [3.63, 3.8) is 0 Å². The minimum atomic E-state index is -4.01. The normalized spacial score (nSPS) is 15.3. The van der Waals surface area contributed by atoms with E-state index in [-0.39, 0.29) is 12.3 Å². The van der Waals surface area contributed by atoms with Gasteiger partial charge in [0.2, 0.25) is 0 Å². The average Bonchev–Trinajstić information content (AvgIpc) is 2.38. The van der Waals surface area contributed by atoms with Crippen LogP contribution in [0.2, 0.25) is 0 Å². The van der Waals surface area contributed by atoms with Gasteiger partial charge in [-0.15, -0.1) is 0 Å². The van der Waals surface area contributed by atoms with Gasteiger partial charge in [-0.25, -0.2) is 0 Å². The third-order valence-electron chi connectivity index (χ3n) is 3.52. The minimum Gasteiger partial charge on any atom is -0.368 e. The van der Waals surface area contributed by atoms with E-state index in [9.17, 15) is 18.3 Å². The lowest BCUT2D eigenvalue weighted by molar-refractivity contribution is -0.135. The number of hydrogen-bond acceptors (Lipinski definition) is 2. The van der Waals surface area contributed by atoms with Crippen LogP contribution in [0.3, 0.4) is 0 Å². The Morgan fingerprint density at radius 1 is 0.950 bits per heavy atom. The summed E-state index contributed by atoms with van der Waals surface area (Å²) in [4.78, 5) is 0. The summed E-state index contributed by atoms with van der Waals surface area (Å²) in [7, 11) is 0. The number of halogens is 3. The number of alkyl halides is 3. The summed E-state index contributed by atoms with van der Waals surface area (Å²) in [5.74, 6) is 0.156. The first-order valence-corrected chi connectivity index (χ1v) is 7.73. The van der Waals surface area contributed by atoms with Gasteiger partial charge in [0.15, 0.2) is 6.29 Å². The molecular formula is C15H29F3O2. The highest BCUT2D eigenvalue weighted by atomic mass is 19.4. The van der Waals surface area contributed by atoms with Gasteiger partial charge in [0.25, 0.3) is 0 Å². The number of aliphatic hydroxyl groups is 1. The van der Waals surface area contributed by atoms with Gasteiger partial charge in [0, 0.05) is 18.9 Å². The monoisotopic (exact) mass is 298 g/mol. The van der Waals surface area contributed by atoms with Crippen LogP contribution in [0.1, 0.15) is 71.6 Å². The molecule has 0 aliphatic rings. The fourth-order valence-electron chi connectivity index (χ4n) is 1.88. The topological polar surface area (TPSA) is 29.5 Å². The first-order chi connectivity index (χ1) is 9.37. The van der Waals surface area contributed by atoms with Gasteiger partial charge in [0.05, 0.1) is 0 Å². The molecule has 2 unspecified atom stereocenters. The van der Waals surface area contributed by atoms with E-state index in [1.165, 1.54) is 0 Å². The molecule has 0 saturated heterocycles. The van der Waals surface area contributed by atoms with E-state index in [4.69, 9.17) is 4.74 Å². The molecular weight excluding hydrogens is 269 g/mol. The summed E-state index contributed by atoms with van der Waals surface area (Å²) in [6.07, 6.45) is 1.22. The Morgan fingerprint density at radius 2 is 1.45 bits per heavy atom. The third-order valence-corrected chi connectivity index (χ3v) is 3.52. The fourth-order valence-corrected chi connectivity index (χ4v) is 1.88. The van der Waals surface area contributed by atoms with Crippen LogP contribution in [-0.4, -0.2) is 24.2 Å². The molecule has 0 fully saturated rings. The number of ether oxygens (including phenoxy) is 1. The van der Waals surface area contributed by atoms with Crippen LogP contribution in [-0.2, 0) is 4.74 Å². The van der Waals surface area contributed by atoms with Crippen LogP contribution in [0.25, 0.3) is 0 Å². The van der Waals surface area contributed by atoms with Gasteiger partial charge in [-0.3, -0.25) is 0 Å². The molecule has 0 radical (unpaired) electrons. The molecule has 2 nitrogen and oxygen atoms in total. The Balaban J connectivity index is 3.21. The Kier molecular flexibility index (Phi) is 11.2. The standard InChI is InChI=1S/C15H29F3O2/c1-3-13(2)14(19)20-12-10-8-6-4-5-7-9-11-15(16,17)18/h13-14,19H,3-12H2,1-2H3. The summed E-state index contributed by atoms with van der Waals surface area (Å²) in [6, 6.07) is 0. The highest BCUT2D eigenvalue weighted by molar-refractivity contribution is 4.54. The SMILES string of the molecule is CCC(C)C(O)OCCCCCCCCCC(F)(F)F. The Hall–Kier alpha value is -0.290. The molecule has 0 aromatic carbocycles. The summed E-state index contributed by atoms with van der Waals surface area (Å²) >= 11 is 0. The predicted octanol–water partition coefficient (Wildman–Crippen LogP) is 5.05. The van der Waals surface area contributed by atoms with Gasteiger partial charge in [-0.05, 0) is 19.3 Å². The predicted molar refractivity (Wildman–Crippen MR) is 74.4 cm³/mol. The summed E-state index contributed by atoms with van der Waals surface area (Å²) in [6.45, 7) is 4.52. The molecule has 0 amide bonds. The van der Waals surface area contributed by atoms with Gasteiger partial charge in [0.1, 0.15) is 0 Å². The van der Waals surface area contributed by atoms with Crippen molar-refractivity contribution in [2.45, 2.75) is 84.1 Å². The minimum absolute atomic E-state index is 0.156. The molecule has 122 valence electrons. The van der Waals surface area contributed by atoms with Crippen molar-refractivity contribution >= 4 is 0 Å². The van der Waals surface area contributed by atoms with Crippen molar-refractivity contribution in [1.29, 1.82) is 0 Å². The molecule has 0 aromatic rings. The second-order valence-corrected chi connectivity index (χ2v) is 5.49. The van der Waals surface area contributed by atoms with Crippen molar-refractivity contribution in [3.05, 3.63) is 0 Å². The molecule has 0 aliphatic carbocycles. The molecule has 2 atom stereocenters. The fraction of sp³-hybridized carbons (Fsp3) is 1.00. The zero-order valence-corrected chi connectivity index (χ0v) is 12.7. The molecule has 0 spiro atoms. The number of aliphatic hydroxyl groups excluding tert-OH is 1. The maximum Gasteiger partial charge on any atom is 0.389 e. The lowest BCUT2D eigenvalue weighted by Crippen LogP contribution is -2.21. The highest BCUT2D eigenvalue weighted by Gasteiger charge is 2.25. The molecule has 1 N–H and O–H groups in total. The van der Waals surface area contributed by atoms with Crippen molar-refractivity contribution in [2.75, 3.05) is 6.61 Å². The maximum absolute atomic E-state index is 11.9. The Morgan fingerprint density at radius 3 is 1.95 bits per heavy atom. The van der Waals surface area contributed by atoms with Gasteiger partial charge >= 0.3 is 6.18 Å². The first kappa shape index (κ1) is 19.7. The molecule has 20 heavy (non-hydrogen) atoms. The van der Waals surface area contributed by atoms with Crippen LogP contribution in [0.5, 0.6) is 0 Å². The van der Waals surface area contributed by atoms with E-state index in [0.29, 0.717) is 13.0 Å². The number of unbranched alkanes of at least 4 members (excludes halogenated alkanes) is 6. The zero-order valence-electron chi connectivity index (χ0n) is 12.7. The second kappa shape index (κ2) is 11.4. The van der Waals surface area contributed by atoms with E-state index >= 15 is 0 Å². The van der Waals surface area contributed by atoms with E-state index in [2.05, 4.69) is 0 Å². The summed E-state index contributed by atoms with van der Waals surface area (Å²) in [5.41, 5.74) is 0. The quantitative estimate of drug-likeness (QED) is 0.403. The van der Waals surface area contributed by atoms with Crippen LogP contribution in [0.15, 0.2) is 0 Å². The van der Waals surface area contributed by atoms with E-state index in [1.54, 1.807) is 0 Å². The number of hydrogen-bond donors (Lipinski definition) is 1. The van der Waals surface area contributed by atoms with Gasteiger partial charge < -0.3 is 9.84 Å². The molecule has 0 rings (SSSR count). The highest BCUT2D eigenvalue weighted by Crippen LogP contribution is 2.23. The molecule has 0 aliphatic heterocycles. The largest absolute Gasteiger partial charge is 0.389 e. The smallest absolute Gasteiger partial charge is 0.368 e. The van der Waals surface area contributed by atoms with Gasteiger partial charge in [-0.1, -0.05) is 46.0 Å². The molecule has 0 aromatic heterocycles. The second-order valence-electron chi connectivity index (χ2n) is 5.49. The molecule has 5 heteroatoms. The lowest BCUT2D eigenvalue weighted by atomic mass is 10.1. The Bertz CT molecular complexity index is 220. The zero-order chi connectivity index (χ0) is 15.4. The molecule has 0 bridgehead atoms. The summed E-state index contributed by atoms with van der Waals surface area (Å²) < 4.78 is 41.0. The van der Waals surface area contributed by atoms with Crippen LogP contribution >= 0.6 is 0 Å². The summed E-state index contributed by atoms with van der Waals surface area (Å²) in [5, 5.41) is 9.57. The van der Waals surface area contributed by atoms with Crippen molar-refractivity contribution in [1.82, 2.24) is 0 Å². The average molecular weight is 298 g/mol. The number of rotatable bonds is 12. The van der Waals surface area contributed by atoms with Crippen molar-refractivity contribution < 1.29 is 23.0 Å². The maximum atomic E-state index is 11.9. The van der Waals surface area contributed by atoms with E-state index in [1.807, 2.05) is 13.8 Å². The van der Waals surface area contributed by atoms with Gasteiger partial charge in [-0.2, -0.15) is 13.2 Å². The van der Waals surface area contributed by atoms with E-state index in [0.717, 1.165) is 38.5 Å². The van der Waals surface area contributed by atoms with Crippen molar-refractivity contribution in [2.24, 2.45) is 5.92 Å².